The molecule has 7 heteroatoms. The predicted octanol–water partition coefficient (Wildman–Crippen LogP) is 2.06. The number of rotatable bonds is 6. The maximum Gasteiger partial charge on any atom is 0.227 e. The second-order valence-electron chi connectivity index (χ2n) is 6.68. The van der Waals surface area contributed by atoms with E-state index in [2.05, 4.69) is 26.8 Å². The average molecular weight is 345 g/mol. The summed E-state index contributed by atoms with van der Waals surface area (Å²) in [6.45, 7) is 6.83. The summed E-state index contributed by atoms with van der Waals surface area (Å²) in [5.74, 6) is 1.33. The van der Waals surface area contributed by atoms with Crippen LogP contribution in [0.3, 0.4) is 0 Å². The number of aromatic nitrogens is 3. The smallest absolute Gasteiger partial charge is 0.227 e. The molecule has 3 rings (SSSR count). The van der Waals surface area contributed by atoms with Gasteiger partial charge < -0.3 is 19.5 Å². The number of likely N-dealkylation sites (N-methyl/N-ethyl adjacent to an activating group) is 1. The molecular weight excluding hydrogens is 318 g/mol. The van der Waals surface area contributed by atoms with Crippen LogP contribution in [0.4, 0.5) is 5.95 Å². The van der Waals surface area contributed by atoms with Gasteiger partial charge in [0.2, 0.25) is 11.9 Å². The summed E-state index contributed by atoms with van der Waals surface area (Å²) in [4.78, 5) is 28.7. The van der Waals surface area contributed by atoms with Gasteiger partial charge in [-0.15, -0.1) is 0 Å². The van der Waals surface area contributed by atoms with Gasteiger partial charge in [-0.25, -0.2) is 4.98 Å². The molecule has 0 unspecified atom stereocenters. The second kappa shape index (κ2) is 7.82. The molecule has 1 aliphatic heterocycles. The van der Waals surface area contributed by atoms with E-state index < -0.39 is 0 Å². The van der Waals surface area contributed by atoms with E-state index in [4.69, 9.17) is 4.74 Å². The van der Waals surface area contributed by atoms with E-state index in [0.717, 1.165) is 24.0 Å². The van der Waals surface area contributed by atoms with Crippen LogP contribution >= 0.6 is 0 Å². The molecule has 0 saturated carbocycles. The topological polar surface area (TPSA) is 74.3 Å². The number of H-pyrrole nitrogens is 1. The lowest BCUT2D eigenvalue weighted by atomic mass is 9.92. The van der Waals surface area contributed by atoms with Gasteiger partial charge in [-0.2, -0.15) is 4.98 Å². The molecule has 0 aliphatic carbocycles. The van der Waals surface area contributed by atoms with Gasteiger partial charge >= 0.3 is 0 Å². The Bertz CT molecular complexity index is 716. The third kappa shape index (κ3) is 3.92. The molecule has 3 heterocycles. The minimum absolute atomic E-state index is 0.166. The van der Waals surface area contributed by atoms with Gasteiger partial charge in [0.25, 0.3) is 0 Å². The van der Waals surface area contributed by atoms with Crippen LogP contribution in [-0.2, 0) is 9.53 Å². The monoisotopic (exact) mass is 345 g/mol. The van der Waals surface area contributed by atoms with Crippen LogP contribution in [0.25, 0.3) is 11.0 Å². The Morgan fingerprint density at radius 3 is 3.16 bits per heavy atom. The Hall–Kier alpha value is -2.15. The molecule has 1 fully saturated rings. The van der Waals surface area contributed by atoms with E-state index in [1.54, 1.807) is 0 Å². The summed E-state index contributed by atoms with van der Waals surface area (Å²) in [5, 5.41) is 1.00. The summed E-state index contributed by atoms with van der Waals surface area (Å²) in [5.41, 5.74) is 0.838. The number of nitrogens with zero attached hydrogens (tertiary/aromatic N) is 4. The van der Waals surface area contributed by atoms with Crippen molar-refractivity contribution >= 4 is 22.9 Å². The Balaban J connectivity index is 1.69. The third-order valence-electron chi connectivity index (χ3n) is 5.04. The van der Waals surface area contributed by atoms with E-state index >= 15 is 0 Å². The lowest BCUT2D eigenvalue weighted by Gasteiger charge is -2.41. The highest BCUT2D eigenvalue weighted by atomic mass is 16.5. The normalized spacial score (nSPS) is 20.8. The molecule has 25 heavy (non-hydrogen) atoms. The molecule has 1 amide bonds. The molecule has 0 aromatic carbocycles. The number of aromatic amines is 1. The Labute approximate surface area is 148 Å². The highest BCUT2D eigenvalue weighted by Crippen LogP contribution is 2.25. The number of hydrogen-bond donors (Lipinski definition) is 1. The van der Waals surface area contributed by atoms with Gasteiger partial charge in [-0.05, 0) is 25.3 Å². The zero-order valence-electron chi connectivity index (χ0n) is 15.2. The van der Waals surface area contributed by atoms with Gasteiger partial charge in [-0.1, -0.05) is 6.92 Å². The number of anilines is 1. The summed E-state index contributed by atoms with van der Waals surface area (Å²) in [6.07, 6.45) is 5.14. The summed E-state index contributed by atoms with van der Waals surface area (Å²) in [6, 6.07) is 2.17. The number of amides is 1. The SMILES string of the molecule is CCOCCC(=O)N1CC[C@@H](C)[C@@H](N(C)c2ncc3cc[nH]c3n2)C1. The number of hydrogen-bond acceptors (Lipinski definition) is 5. The van der Waals surface area contributed by atoms with E-state index in [0.29, 0.717) is 38.0 Å². The van der Waals surface area contributed by atoms with Crippen LogP contribution in [-0.4, -0.2) is 65.2 Å². The minimum atomic E-state index is 0.166. The van der Waals surface area contributed by atoms with E-state index in [1.165, 1.54) is 0 Å². The number of carbonyl (C=O) groups is 1. The largest absolute Gasteiger partial charge is 0.381 e. The van der Waals surface area contributed by atoms with Crippen LogP contribution in [0.5, 0.6) is 0 Å². The maximum atomic E-state index is 12.4. The van der Waals surface area contributed by atoms with E-state index in [-0.39, 0.29) is 11.9 Å². The molecule has 1 saturated heterocycles. The number of fused-ring (bicyclic) bond motifs is 1. The molecule has 7 nitrogen and oxygen atoms in total. The third-order valence-corrected chi connectivity index (χ3v) is 5.04. The molecule has 136 valence electrons. The highest BCUT2D eigenvalue weighted by Gasteiger charge is 2.32. The fourth-order valence-corrected chi connectivity index (χ4v) is 3.39. The van der Waals surface area contributed by atoms with Crippen molar-refractivity contribution in [1.82, 2.24) is 19.9 Å². The lowest BCUT2D eigenvalue weighted by molar-refractivity contribution is -0.134. The fourth-order valence-electron chi connectivity index (χ4n) is 3.39. The van der Waals surface area contributed by atoms with Crippen molar-refractivity contribution in [2.75, 3.05) is 38.3 Å². The Kier molecular flexibility index (Phi) is 5.53. The first kappa shape index (κ1) is 17.7. The summed E-state index contributed by atoms with van der Waals surface area (Å²) in [7, 11) is 2.01. The van der Waals surface area contributed by atoms with Crippen LogP contribution in [0, 0.1) is 5.92 Å². The van der Waals surface area contributed by atoms with Crippen molar-refractivity contribution in [2.45, 2.75) is 32.7 Å². The second-order valence-corrected chi connectivity index (χ2v) is 6.68. The first-order valence-corrected chi connectivity index (χ1v) is 8.98. The van der Waals surface area contributed by atoms with Crippen molar-refractivity contribution in [2.24, 2.45) is 5.92 Å². The summed E-state index contributed by atoms with van der Waals surface area (Å²) < 4.78 is 5.31. The molecule has 2 atom stereocenters. The number of piperidine rings is 1. The molecule has 1 N–H and O–H groups in total. The molecule has 2 aromatic heterocycles. The van der Waals surface area contributed by atoms with Gasteiger partial charge in [0.1, 0.15) is 5.65 Å². The first-order chi connectivity index (χ1) is 12.1. The molecule has 2 aromatic rings. The predicted molar refractivity (Wildman–Crippen MR) is 97.6 cm³/mol. The Morgan fingerprint density at radius 2 is 2.36 bits per heavy atom. The zero-order valence-corrected chi connectivity index (χ0v) is 15.2. The lowest BCUT2D eigenvalue weighted by Crippen LogP contribution is -2.53. The quantitative estimate of drug-likeness (QED) is 0.811. The molecule has 0 bridgehead atoms. The number of carbonyl (C=O) groups excluding carboxylic acids is 1. The highest BCUT2D eigenvalue weighted by molar-refractivity contribution is 5.77. The van der Waals surface area contributed by atoms with Gasteiger partial charge in [0.15, 0.2) is 0 Å². The van der Waals surface area contributed by atoms with Crippen LogP contribution in [0.15, 0.2) is 18.5 Å². The van der Waals surface area contributed by atoms with Gasteiger partial charge in [-0.3, -0.25) is 4.79 Å². The standard InChI is InChI=1S/C18H27N5O2/c1-4-25-10-7-16(24)23-9-6-13(2)15(12-23)22(3)18-20-11-14-5-8-19-17(14)21-18/h5,8,11,13,15H,4,6-7,9-10,12H2,1-3H3,(H,19,20,21)/t13-,15+/m1/s1. The van der Waals surface area contributed by atoms with Crippen molar-refractivity contribution in [3.63, 3.8) is 0 Å². The molecular formula is C18H27N5O2. The van der Waals surface area contributed by atoms with E-state index in [9.17, 15) is 4.79 Å². The number of nitrogens with one attached hydrogen (secondary N) is 1. The first-order valence-electron chi connectivity index (χ1n) is 8.98. The zero-order chi connectivity index (χ0) is 17.8. The van der Waals surface area contributed by atoms with Crippen molar-refractivity contribution in [1.29, 1.82) is 0 Å². The van der Waals surface area contributed by atoms with E-state index in [1.807, 2.05) is 37.3 Å². The average Bonchev–Trinajstić information content (AvgIpc) is 3.09. The van der Waals surface area contributed by atoms with Crippen LogP contribution in [0.2, 0.25) is 0 Å². The Morgan fingerprint density at radius 1 is 1.52 bits per heavy atom. The summed E-state index contributed by atoms with van der Waals surface area (Å²) >= 11 is 0. The number of ether oxygens (including phenoxy) is 1. The number of likely N-dealkylation sites (tertiary alicyclic amines) is 1. The maximum absolute atomic E-state index is 12.4. The van der Waals surface area contributed by atoms with Crippen molar-refractivity contribution < 1.29 is 9.53 Å². The molecule has 1 aliphatic rings. The minimum Gasteiger partial charge on any atom is -0.381 e. The fraction of sp³-hybridized carbons (Fsp3) is 0.611. The van der Waals surface area contributed by atoms with Gasteiger partial charge in [0, 0.05) is 44.5 Å². The molecule has 0 spiro atoms. The van der Waals surface area contributed by atoms with Gasteiger partial charge in [0.05, 0.1) is 19.1 Å². The van der Waals surface area contributed by atoms with Crippen LogP contribution < -0.4 is 4.90 Å². The van der Waals surface area contributed by atoms with Crippen molar-refractivity contribution in [3.05, 3.63) is 18.5 Å². The molecule has 0 radical (unpaired) electrons. The van der Waals surface area contributed by atoms with Crippen LogP contribution in [0.1, 0.15) is 26.7 Å². The van der Waals surface area contributed by atoms with Crippen molar-refractivity contribution in [3.8, 4) is 0 Å².